The number of nitrogens with zero attached hydrogens (tertiary/aromatic N) is 4. The van der Waals surface area contributed by atoms with E-state index in [4.69, 9.17) is 0 Å². The first-order valence-electron chi connectivity index (χ1n) is 6.94. The van der Waals surface area contributed by atoms with Gasteiger partial charge in [0.05, 0.1) is 0 Å². The first-order valence-corrected chi connectivity index (χ1v) is 6.94. The molecular formula is C16H20N4. The molecule has 0 amide bonds. The number of rotatable bonds is 4. The average molecular weight is 268 g/mol. The van der Waals surface area contributed by atoms with Crippen molar-refractivity contribution in [3.05, 3.63) is 35.0 Å². The number of nitriles is 1. The summed E-state index contributed by atoms with van der Waals surface area (Å²) in [6.45, 7) is 9.30. The highest BCUT2D eigenvalue weighted by molar-refractivity contribution is 5.66. The van der Waals surface area contributed by atoms with Crippen LogP contribution in [0.2, 0.25) is 0 Å². The first kappa shape index (κ1) is 14.3. The summed E-state index contributed by atoms with van der Waals surface area (Å²) >= 11 is 0. The van der Waals surface area contributed by atoms with Crippen molar-refractivity contribution in [1.29, 1.82) is 5.26 Å². The predicted molar refractivity (Wildman–Crippen MR) is 79.1 cm³/mol. The third-order valence-corrected chi connectivity index (χ3v) is 3.54. The number of hydrogen-bond acceptors (Lipinski definition) is 3. The molecule has 2 rings (SSSR count). The van der Waals surface area contributed by atoms with Crippen LogP contribution in [-0.4, -0.2) is 15.0 Å². The Bertz CT molecular complexity index is 647. The van der Waals surface area contributed by atoms with Crippen LogP contribution in [0.25, 0.3) is 11.3 Å². The summed E-state index contributed by atoms with van der Waals surface area (Å²) in [5.74, 6) is 0.595. The third-order valence-electron chi connectivity index (χ3n) is 3.54. The van der Waals surface area contributed by atoms with Crippen LogP contribution >= 0.6 is 0 Å². The third kappa shape index (κ3) is 2.88. The van der Waals surface area contributed by atoms with Crippen molar-refractivity contribution in [2.24, 2.45) is 5.92 Å². The minimum Gasteiger partial charge on any atom is -0.243 e. The fraction of sp³-hybridized carbons (Fsp3) is 0.438. The molecule has 0 aliphatic rings. The summed E-state index contributed by atoms with van der Waals surface area (Å²) in [5, 5.41) is 17.4. The van der Waals surface area contributed by atoms with Gasteiger partial charge in [-0.25, -0.2) is 4.68 Å². The summed E-state index contributed by atoms with van der Waals surface area (Å²) in [6, 6.07) is 8.35. The van der Waals surface area contributed by atoms with Gasteiger partial charge >= 0.3 is 0 Å². The topological polar surface area (TPSA) is 54.5 Å². The van der Waals surface area contributed by atoms with Gasteiger partial charge in [0.25, 0.3) is 0 Å². The molecule has 0 bridgehead atoms. The molecule has 0 atom stereocenters. The Morgan fingerprint density at radius 1 is 1.25 bits per heavy atom. The molecule has 0 saturated carbocycles. The van der Waals surface area contributed by atoms with Crippen LogP contribution < -0.4 is 0 Å². The second-order valence-electron chi connectivity index (χ2n) is 5.60. The first-order chi connectivity index (χ1) is 9.52. The lowest BCUT2D eigenvalue weighted by Crippen LogP contribution is -2.05. The lowest BCUT2D eigenvalue weighted by Gasteiger charge is -2.10. The van der Waals surface area contributed by atoms with E-state index in [0.29, 0.717) is 11.6 Å². The van der Waals surface area contributed by atoms with Gasteiger partial charge in [-0.15, -0.1) is 5.10 Å². The maximum atomic E-state index is 9.23. The van der Waals surface area contributed by atoms with Crippen molar-refractivity contribution in [1.82, 2.24) is 15.0 Å². The Morgan fingerprint density at radius 2 is 2.00 bits per heavy atom. The molecule has 0 spiro atoms. The summed E-state index contributed by atoms with van der Waals surface area (Å²) < 4.78 is 1.85. The second-order valence-corrected chi connectivity index (χ2v) is 5.60. The van der Waals surface area contributed by atoms with Crippen molar-refractivity contribution < 1.29 is 0 Å². The zero-order valence-corrected chi connectivity index (χ0v) is 12.5. The fourth-order valence-electron chi connectivity index (χ4n) is 2.10. The lowest BCUT2D eigenvalue weighted by atomic mass is 10.0. The molecule has 0 saturated heterocycles. The molecule has 2 aromatic rings. The summed E-state index contributed by atoms with van der Waals surface area (Å²) in [5.41, 5.74) is 4.70. The van der Waals surface area contributed by atoms with Gasteiger partial charge in [0.2, 0.25) is 0 Å². The maximum Gasteiger partial charge on any atom is 0.190 e. The monoisotopic (exact) mass is 268 g/mol. The van der Waals surface area contributed by atoms with Crippen LogP contribution in [0.5, 0.6) is 0 Å². The molecule has 4 nitrogen and oxygen atoms in total. The molecule has 1 heterocycles. The number of aryl methyl sites for hydroxylation is 3. The minimum atomic E-state index is 0.400. The van der Waals surface area contributed by atoms with Crippen LogP contribution in [0.3, 0.4) is 0 Å². The average Bonchev–Trinajstić information content (AvgIpc) is 2.82. The molecular weight excluding hydrogens is 248 g/mol. The molecule has 1 aromatic heterocycles. The Labute approximate surface area is 120 Å². The highest BCUT2D eigenvalue weighted by atomic mass is 15.4. The minimum absolute atomic E-state index is 0.400. The smallest absolute Gasteiger partial charge is 0.190 e. The van der Waals surface area contributed by atoms with Crippen molar-refractivity contribution in [2.75, 3.05) is 0 Å². The van der Waals surface area contributed by atoms with Crippen LogP contribution in [0, 0.1) is 31.1 Å². The van der Waals surface area contributed by atoms with Gasteiger partial charge in [-0.05, 0) is 43.4 Å². The van der Waals surface area contributed by atoms with Crippen molar-refractivity contribution >= 4 is 0 Å². The number of aromatic nitrogens is 3. The van der Waals surface area contributed by atoms with Gasteiger partial charge < -0.3 is 0 Å². The lowest BCUT2D eigenvalue weighted by molar-refractivity contribution is 0.481. The standard InChI is InChI=1S/C16H20N4/c1-11(2)7-8-20-16(15(10-17)18-19-20)14-6-5-12(3)13(4)9-14/h5-6,9,11H,7-8H2,1-4H3. The fourth-order valence-corrected chi connectivity index (χ4v) is 2.10. The molecule has 0 fully saturated rings. The highest BCUT2D eigenvalue weighted by Crippen LogP contribution is 2.24. The van der Waals surface area contributed by atoms with E-state index in [9.17, 15) is 5.26 Å². The highest BCUT2D eigenvalue weighted by Gasteiger charge is 2.15. The zero-order chi connectivity index (χ0) is 14.7. The largest absolute Gasteiger partial charge is 0.243 e. The summed E-state index contributed by atoms with van der Waals surface area (Å²) in [6.07, 6.45) is 1.02. The molecule has 1 aromatic carbocycles. The van der Waals surface area contributed by atoms with Gasteiger partial charge in [-0.2, -0.15) is 5.26 Å². The summed E-state index contributed by atoms with van der Waals surface area (Å²) in [7, 11) is 0. The molecule has 0 radical (unpaired) electrons. The number of benzene rings is 1. The molecule has 20 heavy (non-hydrogen) atoms. The van der Waals surface area contributed by atoms with Gasteiger partial charge in [0.15, 0.2) is 5.69 Å². The van der Waals surface area contributed by atoms with E-state index in [2.05, 4.69) is 56.2 Å². The number of hydrogen-bond donors (Lipinski definition) is 0. The van der Waals surface area contributed by atoms with Crippen molar-refractivity contribution in [3.8, 4) is 17.3 Å². The molecule has 4 heteroatoms. The Balaban J connectivity index is 2.45. The molecule has 104 valence electrons. The summed E-state index contributed by atoms with van der Waals surface area (Å²) in [4.78, 5) is 0. The van der Waals surface area contributed by atoms with Crippen molar-refractivity contribution in [3.63, 3.8) is 0 Å². The van der Waals surface area contributed by atoms with Gasteiger partial charge in [-0.1, -0.05) is 31.2 Å². The molecule has 0 N–H and O–H groups in total. The van der Waals surface area contributed by atoms with E-state index < -0.39 is 0 Å². The quantitative estimate of drug-likeness (QED) is 0.853. The van der Waals surface area contributed by atoms with E-state index in [1.807, 2.05) is 10.7 Å². The second kappa shape index (κ2) is 5.87. The Kier molecular flexibility index (Phi) is 4.19. The van der Waals surface area contributed by atoms with Crippen LogP contribution in [-0.2, 0) is 6.54 Å². The van der Waals surface area contributed by atoms with E-state index in [0.717, 1.165) is 24.2 Å². The maximum absolute atomic E-state index is 9.23. The van der Waals surface area contributed by atoms with E-state index >= 15 is 0 Å². The van der Waals surface area contributed by atoms with E-state index in [1.165, 1.54) is 11.1 Å². The molecule has 0 aliphatic carbocycles. The normalized spacial score (nSPS) is 10.8. The van der Waals surface area contributed by atoms with Gasteiger partial charge in [-0.3, -0.25) is 0 Å². The molecule has 0 aliphatic heterocycles. The SMILES string of the molecule is Cc1ccc(-c2c(C#N)nnn2CCC(C)C)cc1C. The Morgan fingerprint density at radius 3 is 2.60 bits per heavy atom. The van der Waals surface area contributed by atoms with E-state index in [-0.39, 0.29) is 0 Å². The molecule has 0 unspecified atom stereocenters. The van der Waals surface area contributed by atoms with Crippen LogP contribution in [0.1, 0.15) is 37.1 Å². The van der Waals surface area contributed by atoms with Crippen LogP contribution in [0.4, 0.5) is 0 Å². The zero-order valence-electron chi connectivity index (χ0n) is 12.5. The predicted octanol–water partition coefficient (Wildman–Crippen LogP) is 3.48. The van der Waals surface area contributed by atoms with Gasteiger partial charge in [0, 0.05) is 12.1 Å². The Hall–Kier alpha value is -2.15. The van der Waals surface area contributed by atoms with Crippen LogP contribution in [0.15, 0.2) is 18.2 Å². The van der Waals surface area contributed by atoms with Gasteiger partial charge in [0.1, 0.15) is 11.8 Å². The van der Waals surface area contributed by atoms with E-state index in [1.54, 1.807) is 0 Å². The van der Waals surface area contributed by atoms with Crippen molar-refractivity contribution in [2.45, 2.75) is 40.7 Å².